The van der Waals surface area contributed by atoms with Gasteiger partial charge in [-0.3, -0.25) is 9.69 Å². The molecule has 2 saturated heterocycles. The molecule has 134 valence electrons. The van der Waals surface area contributed by atoms with Gasteiger partial charge in [0.1, 0.15) is 0 Å². The summed E-state index contributed by atoms with van der Waals surface area (Å²) in [4.78, 5) is 22.7. The van der Waals surface area contributed by atoms with Crippen molar-refractivity contribution in [2.45, 2.75) is 45.2 Å². The van der Waals surface area contributed by atoms with Gasteiger partial charge in [0.25, 0.3) is 0 Å². The van der Waals surface area contributed by atoms with Crippen LogP contribution in [0.15, 0.2) is 22.0 Å². The molecule has 2 aliphatic rings. The van der Waals surface area contributed by atoms with E-state index in [1.165, 1.54) is 4.88 Å². The standard InChI is InChI=1S/C18H24N4O2S/c1-13-19-17(20-24-13)12-21-8-7-16-14(11-21)4-5-18(23)22(16)9-6-15-3-2-10-25-15/h2-3,10,14,16H,4-9,11-12H2,1H3/t14-,16+/m0/s1. The average Bonchev–Trinajstić information content (AvgIpc) is 3.26. The van der Waals surface area contributed by atoms with Crippen LogP contribution in [0.2, 0.25) is 0 Å². The number of hydrogen-bond donors (Lipinski definition) is 0. The first-order valence-corrected chi connectivity index (χ1v) is 9.90. The van der Waals surface area contributed by atoms with Crippen molar-refractivity contribution in [3.63, 3.8) is 0 Å². The van der Waals surface area contributed by atoms with Gasteiger partial charge in [-0.25, -0.2) is 0 Å². The number of carbonyl (C=O) groups excluding carboxylic acids is 1. The molecule has 2 fully saturated rings. The van der Waals surface area contributed by atoms with Crippen molar-refractivity contribution in [3.05, 3.63) is 34.1 Å². The monoisotopic (exact) mass is 360 g/mol. The SMILES string of the molecule is Cc1nc(CN2CC[C@@H]3[C@@H](CCC(=O)N3CCc3cccs3)C2)no1. The summed E-state index contributed by atoms with van der Waals surface area (Å²) >= 11 is 1.78. The summed E-state index contributed by atoms with van der Waals surface area (Å²) < 4.78 is 5.07. The highest BCUT2D eigenvalue weighted by molar-refractivity contribution is 7.09. The lowest BCUT2D eigenvalue weighted by atomic mass is 9.83. The molecule has 4 rings (SSSR count). The van der Waals surface area contributed by atoms with Crippen LogP contribution in [0.25, 0.3) is 0 Å². The third-order valence-electron chi connectivity index (χ3n) is 5.34. The summed E-state index contributed by atoms with van der Waals surface area (Å²) in [6.07, 6.45) is 3.69. The van der Waals surface area contributed by atoms with E-state index in [1.54, 1.807) is 11.3 Å². The van der Waals surface area contributed by atoms with Crippen molar-refractivity contribution in [1.29, 1.82) is 0 Å². The number of aromatic nitrogens is 2. The van der Waals surface area contributed by atoms with Crippen LogP contribution in [-0.2, 0) is 17.8 Å². The van der Waals surface area contributed by atoms with Crippen LogP contribution in [0.4, 0.5) is 0 Å². The van der Waals surface area contributed by atoms with Crippen molar-refractivity contribution in [3.8, 4) is 0 Å². The molecule has 1 amide bonds. The minimum absolute atomic E-state index is 0.333. The second kappa shape index (κ2) is 7.25. The minimum Gasteiger partial charge on any atom is -0.340 e. The predicted molar refractivity (Wildman–Crippen MR) is 95.2 cm³/mol. The Balaban J connectivity index is 1.37. The number of nitrogens with zero attached hydrogens (tertiary/aromatic N) is 4. The fourth-order valence-electron chi connectivity index (χ4n) is 4.15. The fraction of sp³-hybridized carbons (Fsp3) is 0.611. The van der Waals surface area contributed by atoms with Gasteiger partial charge in [0.05, 0.1) is 6.54 Å². The second-order valence-corrected chi connectivity index (χ2v) is 8.07. The lowest BCUT2D eigenvalue weighted by molar-refractivity contribution is -0.141. The third-order valence-corrected chi connectivity index (χ3v) is 6.28. The molecule has 2 aromatic rings. The quantitative estimate of drug-likeness (QED) is 0.820. The smallest absolute Gasteiger partial charge is 0.223 e. The van der Waals surface area contributed by atoms with Gasteiger partial charge in [0.2, 0.25) is 11.8 Å². The summed E-state index contributed by atoms with van der Waals surface area (Å²) in [5, 5.41) is 6.11. The van der Waals surface area contributed by atoms with Crippen molar-refractivity contribution in [2.24, 2.45) is 5.92 Å². The molecule has 2 aliphatic heterocycles. The maximum absolute atomic E-state index is 12.5. The van der Waals surface area contributed by atoms with Crippen molar-refractivity contribution in [1.82, 2.24) is 19.9 Å². The van der Waals surface area contributed by atoms with Gasteiger partial charge in [0, 0.05) is 43.9 Å². The Morgan fingerprint density at radius 3 is 3.08 bits per heavy atom. The first-order chi connectivity index (χ1) is 12.2. The van der Waals surface area contributed by atoms with E-state index in [1.807, 2.05) is 6.92 Å². The number of fused-ring (bicyclic) bond motifs is 1. The average molecular weight is 360 g/mol. The van der Waals surface area contributed by atoms with Crippen LogP contribution in [0.5, 0.6) is 0 Å². The number of amides is 1. The van der Waals surface area contributed by atoms with Crippen LogP contribution in [-0.4, -0.2) is 51.5 Å². The summed E-state index contributed by atoms with van der Waals surface area (Å²) in [5.41, 5.74) is 0. The van der Waals surface area contributed by atoms with Gasteiger partial charge in [-0.05, 0) is 36.6 Å². The highest BCUT2D eigenvalue weighted by atomic mass is 32.1. The Morgan fingerprint density at radius 2 is 2.32 bits per heavy atom. The van der Waals surface area contributed by atoms with E-state index in [9.17, 15) is 4.79 Å². The molecule has 7 heteroatoms. The zero-order chi connectivity index (χ0) is 17.2. The molecule has 0 N–H and O–H groups in total. The lowest BCUT2D eigenvalue weighted by Crippen LogP contribution is -2.56. The van der Waals surface area contributed by atoms with Crippen LogP contribution in [0, 0.1) is 12.8 Å². The third kappa shape index (κ3) is 3.77. The maximum Gasteiger partial charge on any atom is 0.223 e. The van der Waals surface area contributed by atoms with E-state index >= 15 is 0 Å². The fourth-order valence-corrected chi connectivity index (χ4v) is 4.85. The minimum atomic E-state index is 0.333. The lowest BCUT2D eigenvalue weighted by Gasteiger charge is -2.47. The number of aryl methyl sites for hydroxylation is 1. The van der Waals surface area contributed by atoms with Gasteiger partial charge < -0.3 is 9.42 Å². The second-order valence-electron chi connectivity index (χ2n) is 7.04. The van der Waals surface area contributed by atoms with Crippen LogP contribution < -0.4 is 0 Å². The predicted octanol–water partition coefficient (Wildman–Crippen LogP) is 2.50. The molecular formula is C18H24N4O2S. The molecule has 0 aliphatic carbocycles. The molecule has 2 aromatic heterocycles. The first kappa shape index (κ1) is 16.7. The molecule has 0 unspecified atom stereocenters. The Kier molecular flexibility index (Phi) is 4.85. The van der Waals surface area contributed by atoms with E-state index in [-0.39, 0.29) is 0 Å². The van der Waals surface area contributed by atoms with Gasteiger partial charge in [-0.1, -0.05) is 11.2 Å². The maximum atomic E-state index is 12.5. The molecule has 2 atom stereocenters. The number of carbonyl (C=O) groups is 1. The molecule has 0 bridgehead atoms. The van der Waals surface area contributed by atoms with E-state index in [2.05, 4.69) is 37.5 Å². The Bertz CT molecular complexity index is 714. The first-order valence-electron chi connectivity index (χ1n) is 9.02. The van der Waals surface area contributed by atoms with Gasteiger partial charge >= 0.3 is 0 Å². The zero-order valence-electron chi connectivity index (χ0n) is 14.6. The molecule has 0 spiro atoms. The van der Waals surface area contributed by atoms with E-state index in [0.717, 1.165) is 51.3 Å². The molecule has 6 nitrogen and oxygen atoms in total. The van der Waals surface area contributed by atoms with Gasteiger partial charge in [-0.2, -0.15) is 4.98 Å². The van der Waals surface area contributed by atoms with E-state index < -0.39 is 0 Å². The van der Waals surface area contributed by atoms with Gasteiger partial charge in [0.15, 0.2) is 5.82 Å². The summed E-state index contributed by atoms with van der Waals surface area (Å²) in [6, 6.07) is 4.63. The molecule has 0 radical (unpaired) electrons. The Morgan fingerprint density at radius 1 is 1.40 bits per heavy atom. The topological polar surface area (TPSA) is 62.5 Å². The number of likely N-dealkylation sites (tertiary alicyclic amines) is 2. The number of thiophene rings is 1. The molecule has 0 aromatic carbocycles. The van der Waals surface area contributed by atoms with E-state index in [4.69, 9.17) is 4.52 Å². The number of rotatable bonds is 5. The Labute approximate surface area is 151 Å². The van der Waals surface area contributed by atoms with Crippen molar-refractivity contribution >= 4 is 17.2 Å². The van der Waals surface area contributed by atoms with Crippen molar-refractivity contribution < 1.29 is 9.32 Å². The van der Waals surface area contributed by atoms with Crippen molar-refractivity contribution in [2.75, 3.05) is 19.6 Å². The summed E-state index contributed by atoms with van der Waals surface area (Å²) in [7, 11) is 0. The highest BCUT2D eigenvalue weighted by Crippen LogP contribution is 2.32. The normalized spacial score (nSPS) is 24.5. The van der Waals surface area contributed by atoms with Crippen LogP contribution in [0.3, 0.4) is 0 Å². The molecular weight excluding hydrogens is 336 g/mol. The number of hydrogen-bond acceptors (Lipinski definition) is 6. The van der Waals surface area contributed by atoms with Crippen LogP contribution in [0.1, 0.15) is 35.9 Å². The molecule has 0 saturated carbocycles. The highest BCUT2D eigenvalue weighted by Gasteiger charge is 2.39. The van der Waals surface area contributed by atoms with E-state index in [0.29, 0.717) is 30.2 Å². The zero-order valence-corrected chi connectivity index (χ0v) is 15.4. The van der Waals surface area contributed by atoms with Gasteiger partial charge in [-0.15, -0.1) is 11.3 Å². The Hall–Kier alpha value is -1.73. The molecule has 25 heavy (non-hydrogen) atoms. The van der Waals surface area contributed by atoms with Crippen LogP contribution >= 0.6 is 11.3 Å². The number of piperidine rings is 2. The summed E-state index contributed by atoms with van der Waals surface area (Å²) in [6.45, 7) is 5.41. The molecule has 4 heterocycles. The summed E-state index contributed by atoms with van der Waals surface area (Å²) in [5.74, 6) is 2.27. The largest absolute Gasteiger partial charge is 0.340 e.